The lowest BCUT2D eigenvalue weighted by Gasteiger charge is -2.28. The van der Waals surface area contributed by atoms with Gasteiger partial charge in [0.1, 0.15) is 0 Å². The summed E-state index contributed by atoms with van der Waals surface area (Å²) in [4.78, 5) is 4.62. The smallest absolute Gasteiger partial charge is 0.0861 e. The summed E-state index contributed by atoms with van der Waals surface area (Å²) < 4.78 is 0. The number of hydrogen-bond donors (Lipinski definition) is 2. The fraction of sp³-hybridized carbons (Fsp3) is 0.0541. The molecule has 0 spiro atoms. The van der Waals surface area contributed by atoms with E-state index in [9.17, 15) is 0 Å². The van der Waals surface area contributed by atoms with Crippen LogP contribution in [0.25, 0.3) is 55.4 Å². The molecule has 4 aromatic carbocycles. The van der Waals surface area contributed by atoms with Crippen LogP contribution in [0.15, 0.2) is 139 Å². The van der Waals surface area contributed by atoms with Gasteiger partial charge >= 0.3 is 0 Å². The number of fused-ring (bicyclic) bond motifs is 3. The molecule has 40 heavy (non-hydrogen) atoms. The zero-order chi connectivity index (χ0) is 26.5. The summed E-state index contributed by atoms with van der Waals surface area (Å²) in [5.74, 6) is 0. The van der Waals surface area contributed by atoms with Crippen LogP contribution >= 0.6 is 0 Å². The monoisotopic (exact) mass is 513 g/mol. The third-order valence-electron chi connectivity index (χ3n) is 8.15. The molecule has 0 saturated heterocycles. The Morgan fingerprint density at radius 1 is 0.675 bits per heavy atom. The molecule has 0 amide bonds. The number of pyridine rings is 1. The van der Waals surface area contributed by atoms with Crippen molar-refractivity contribution in [3.8, 4) is 33.4 Å². The summed E-state index contributed by atoms with van der Waals surface area (Å²) in [6.45, 7) is 0.837. The lowest BCUT2D eigenvalue weighted by molar-refractivity contribution is 0.714. The van der Waals surface area contributed by atoms with E-state index in [1.807, 2.05) is 18.3 Å². The molecule has 3 heterocycles. The summed E-state index contributed by atoms with van der Waals surface area (Å²) in [7, 11) is 0. The highest BCUT2D eigenvalue weighted by Gasteiger charge is 2.23. The zero-order valence-corrected chi connectivity index (χ0v) is 21.9. The second kappa shape index (κ2) is 9.25. The predicted molar refractivity (Wildman–Crippen MR) is 166 cm³/mol. The van der Waals surface area contributed by atoms with E-state index >= 15 is 0 Å². The summed E-state index contributed by atoms with van der Waals surface area (Å²) in [6, 6.07) is 35.1. The van der Waals surface area contributed by atoms with Crippen molar-refractivity contribution in [2.75, 3.05) is 6.54 Å². The van der Waals surface area contributed by atoms with E-state index in [0.717, 1.165) is 23.6 Å². The molecular weight excluding hydrogens is 486 g/mol. The van der Waals surface area contributed by atoms with Crippen molar-refractivity contribution >= 4 is 22.0 Å². The van der Waals surface area contributed by atoms with Gasteiger partial charge in [0.2, 0.25) is 0 Å². The molecule has 1 atom stereocenters. The SMILES string of the molecule is C1=CCNC(C2C=C(c3ccc(-c4ccc5c6c(cccc46)-c4ccccc4-5)cc3)C=C(c3ccccn3)N2)=C1. The number of rotatable bonds is 4. The van der Waals surface area contributed by atoms with Gasteiger partial charge in [-0.1, -0.05) is 97.1 Å². The summed E-state index contributed by atoms with van der Waals surface area (Å²) in [6.07, 6.45) is 12.7. The van der Waals surface area contributed by atoms with Gasteiger partial charge in [-0.25, -0.2) is 0 Å². The van der Waals surface area contributed by atoms with Gasteiger partial charge in [0.15, 0.2) is 0 Å². The molecule has 1 aliphatic carbocycles. The topological polar surface area (TPSA) is 37.0 Å². The standard InChI is InChI=1S/C37H27N3/c1-2-9-29-28(8-1)31-11-7-10-30-27(18-19-32(29)37(30)31)25-16-14-24(15-17-25)26-22-35(33-12-3-5-20-38-33)40-36(23-26)34-13-4-6-21-39-34/h1-20,22-23,36,39-40H,21H2. The van der Waals surface area contributed by atoms with Gasteiger partial charge in [-0.15, -0.1) is 0 Å². The minimum absolute atomic E-state index is 0.0415. The molecule has 3 aliphatic rings. The Kier molecular flexibility index (Phi) is 5.27. The van der Waals surface area contributed by atoms with Crippen molar-refractivity contribution in [1.29, 1.82) is 0 Å². The van der Waals surface area contributed by atoms with Crippen LogP contribution in [-0.2, 0) is 0 Å². The molecule has 2 N–H and O–H groups in total. The zero-order valence-electron chi connectivity index (χ0n) is 21.9. The van der Waals surface area contributed by atoms with E-state index in [1.54, 1.807) is 0 Å². The van der Waals surface area contributed by atoms with Gasteiger partial charge in [-0.05, 0) is 85.7 Å². The Labute approximate surface area is 233 Å². The first kappa shape index (κ1) is 22.8. The van der Waals surface area contributed by atoms with E-state index < -0.39 is 0 Å². The molecule has 2 aliphatic heterocycles. The van der Waals surface area contributed by atoms with Gasteiger partial charge in [0, 0.05) is 18.4 Å². The molecule has 5 aromatic rings. The predicted octanol–water partition coefficient (Wildman–Crippen LogP) is 7.99. The lowest BCUT2D eigenvalue weighted by atomic mass is 9.92. The molecule has 1 unspecified atom stereocenters. The Hall–Kier alpha value is -5.15. The third kappa shape index (κ3) is 3.70. The number of allylic oxidation sites excluding steroid dienone is 4. The van der Waals surface area contributed by atoms with Crippen molar-refractivity contribution in [1.82, 2.24) is 15.6 Å². The average molecular weight is 514 g/mol. The Morgan fingerprint density at radius 3 is 2.20 bits per heavy atom. The van der Waals surface area contributed by atoms with Gasteiger partial charge in [0.25, 0.3) is 0 Å². The molecular formula is C37H27N3. The van der Waals surface area contributed by atoms with Crippen molar-refractivity contribution in [3.05, 3.63) is 151 Å². The largest absolute Gasteiger partial charge is 0.383 e. The number of dihydropyridines is 2. The Bertz CT molecular complexity index is 1880. The molecule has 190 valence electrons. The van der Waals surface area contributed by atoms with E-state index in [1.165, 1.54) is 55.3 Å². The molecule has 0 radical (unpaired) electrons. The van der Waals surface area contributed by atoms with Crippen LogP contribution in [-0.4, -0.2) is 17.6 Å². The molecule has 0 fully saturated rings. The highest BCUT2D eigenvalue weighted by Crippen LogP contribution is 2.49. The highest BCUT2D eigenvalue weighted by molar-refractivity contribution is 6.18. The first-order valence-corrected chi connectivity index (χ1v) is 13.8. The summed E-state index contributed by atoms with van der Waals surface area (Å²) in [5, 5.41) is 9.87. The number of nitrogens with one attached hydrogen (secondary N) is 2. The Balaban J connectivity index is 1.19. The average Bonchev–Trinajstić information content (AvgIpc) is 3.37. The van der Waals surface area contributed by atoms with Crippen LogP contribution in [0.3, 0.4) is 0 Å². The van der Waals surface area contributed by atoms with Crippen LogP contribution < -0.4 is 10.6 Å². The second-order valence-electron chi connectivity index (χ2n) is 10.5. The van der Waals surface area contributed by atoms with Crippen molar-refractivity contribution in [2.45, 2.75) is 6.04 Å². The molecule has 0 bridgehead atoms. The summed E-state index contributed by atoms with van der Waals surface area (Å²) in [5.41, 5.74) is 13.3. The van der Waals surface area contributed by atoms with Crippen molar-refractivity contribution in [2.24, 2.45) is 0 Å². The number of hydrogen-bond acceptors (Lipinski definition) is 3. The van der Waals surface area contributed by atoms with Gasteiger partial charge in [-0.3, -0.25) is 4.98 Å². The normalized spacial score (nSPS) is 16.9. The minimum atomic E-state index is 0.0415. The molecule has 8 rings (SSSR count). The summed E-state index contributed by atoms with van der Waals surface area (Å²) >= 11 is 0. The first-order chi connectivity index (χ1) is 19.8. The van der Waals surface area contributed by atoms with E-state index in [2.05, 4.69) is 131 Å². The van der Waals surface area contributed by atoms with Crippen LogP contribution in [0.2, 0.25) is 0 Å². The fourth-order valence-electron chi connectivity index (χ4n) is 6.24. The van der Waals surface area contributed by atoms with Gasteiger partial charge in [0.05, 0.1) is 17.4 Å². The quantitative estimate of drug-likeness (QED) is 0.251. The number of aromatic nitrogens is 1. The number of nitrogens with zero attached hydrogens (tertiary/aromatic N) is 1. The van der Waals surface area contributed by atoms with E-state index in [0.29, 0.717) is 0 Å². The number of benzene rings is 4. The third-order valence-corrected chi connectivity index (χ3v) is 8.15. The van der Waals surface area contributed by atoms with Crippen LogP contribution in [0, 0.1) is 0 Å². The van der Waals surface area contributed by atoms with E-state index in [-0.39, 0.29) is 6.04 Å². The first-order valence-electron chi connectivity index (χ1n) is 13.8. The van der Waals surface area contributed by atoms with Crippen LogP contribution in [0.5, 0.6) is 0 Å². The second-order valence-corrected chi connectivity index (χ2v) is 10.5. The minimum Gasteiger partial charge on any atom is -0.383 e. The molecule has 0 saturated carbocycles. The highest BCUT2D eigenvalue weighted by atomic mass is 15.0. The van der Waals surface area contributed by atoms with E-state index in [4.69, 9.17) is 0 Å². The lowest BCUT2D eigenvalue weighted by Crippen LogP contribution is -2.37. The van der Waals surface area contributed by atoms with Gasteiger partial charge < -0.3 is 10.6 Å². The maximum absolute atomic E-state index is 4.62. The van der Waals surface area contributed by atoms with Gasteiger partial charge in [-0.2, -0.15) is 0 Å². The van der Waals surface area contributed by atoms with Crippen molar-refractivity contribution < 1.29 is 0 Å². The molecule has 3 heteroatoms. The van der Waals surface area contributed by atoms with Crippen LogP contribution in [0.1, 0.15) is 11.3 Å². The maximum Gasteiger partial charge on any atom is 0.0861 e. The Morgan fingerprint density at radius 2 is 1.43 bits per heavy atom. The van der Waals surface area contributed by atoms with Crippen molar-refractivity contribution in [3.63, 3.8) is 0 Å². The molecule has 1 aromatic heterocycles. The van der Waals surface area contributed by atoms with Crippen LogP contribution in [0.4, 0.5) is 0 Å². The molecule has 3 nitrogen and oxygen atoms in total. The maximum atomic E-state index is 4.62. The fourth-order valence-corrected chi connectivity index (χ4v) is 6.24.